The number of nitrogens with one attached hydrogen (secondary N) is 2. The number of nitrogens with zero attached hydrogens (tertiary/aromatic N) is 2. The Morgan fingerprint density at radius 1 is 1.46 bits per heavy atom. The van der Waals surface area contributed by atoms with E-state index in [1.165, 1.54) is 19.4 Å². The van der Waals surface area contributed by atoms with Crippen LogP contribution < -0.4 is 10.6 Å². The first-order chi connectivity index (χ1) is 11.7. The number of pyridine rings is 1. The molecular formula is C18H30N4O2. The Balaban J connectivity index is 1.66. The highest BCUT2D eigenvalue weighted by molar-refractivity contribution is 5.73. The predicted octanol–water partition coefficient (Wildman–Crippen LogP) is 1.26. The lowest BCUT2D eigenvalue weighted by Crippen LogP contribution is -2.44. The Bertz CT molecular complexity index is 483. The molecule has 2 heterocycles. The Morgan fingerprint density at radius 2 is 2.33 bits per heavy atom. The van der Waals surface area contributed by atoms with Crippen LogP contribution in [-0.2, 0) is 6.42 Å². The van der Waals surface area contributed by atoms with Gasteiger partial charge in [0, 0.05) is 44.0 Å². The quantitative estimate of drug-likeness (QED) is 0.669. The lowest BCUT2D eigenvalue weighted by Gasteiger charge is -2.31. The van der Waals surface area contributed by atoms with E-state index in [2.05, 4.69) is 27.4 Å². The summed E-state index contributed by atoms with van der Waals surface area (Å²) in [6.07, 6.45) is 4.79. The zero-order chi connectivity index (χ0) is 17.2. The van der Waals surface area contributed by atoms with Crippen LogP contribution in [0.2, 0.25) is 0 Å². The topological polar surface area (TPSA) is 77.5 Å². The molecule has 1 fully saturated rings. The fraction of sp³-hybridized carbons (Fsp3) is 0.667. The van der Waals surface area contributed by atoms with E-state index >= 15 is 0 Å². The summed E-state index contributed by atoms with van der Waals surface area (Å²) in [5.41, 5.74) is 0.931. The number of aromatic nitrogens is 1. The van der Waals surface area contributed by atoms with E-state index in [1.54, 1.807) is 6.20 Å². The molecule has 134 valence electrons. The van der Waals surface area contributed by atoms with Gasteiger partial charge in [-0.3, -0.25) is 4.98 Å². The second-order valence-corrected chi connectivity index (χ2v) is 6.57. The normalized spacial score (nSPS) is 19.7. The first-order valence-electron chi connectivity index (χ1n) is 8.96. The van der Waals surface area contributed by atoms with E-state index in [9.17, 15) is 9.90 Å². The second-order valence-electron chi connectivity index (χ2n) is 6.57. The number of rotatable bonds is 8. The minimum Gasteiger partial charge on any atom is -0.396 e. The van der Waals surface area contributed by atoms with E-state index in [-0.39, 0.29) is 18.6 Å². The van der Waals surface area contributed by atoms with Gasteiger partial charge in [0.05, 0.1) is 0 Å². The van der Waals surface area contributed by atoms with Crippen LogP contribution in [0.25, 0.3) is 0 Å². The average molecular weight is 334 g/mol. The first-order valence-corrected chi connectivity index (χ1v) is 8.96. The zero-order valence-electron chi connectivity index (χ0n) is 14.6. The fourth-order valence-corrected chi connectivity index (χ4v) is 3.16. The summed E-state index contributed by atoms with van der Waals surface area (Å²) in [6.45, 7) is 6.69. The molecule has 1 aliphatic heterocycles. The minimum atomic E-state index is -0.150. The van der Waals surface area contributed by atoms with E-state index in [0.29, 0.717) is 25.4 Å². The van der Waals surface area contributed by atoms with Crippen molar-refractivity contribution in [3.05, 3.63) is 30.1 Å². The maximum absolute atomic E-state index is 12.0. The molecule has 2 unspecified atom stereocenters. The summed E-state index contributed by atoms with van der Waals surface area (Å²) in [5, 5.41) is 15.3. The van der Waals surface area contributed by atoms with Crippen LogP contribution in [0, 0.1) is 11.8 Å². The number of carbonyl (C=O) groups excluding carboxylic acids is 1. The molecule has 0 spiro atoms. The zero-order valence-corrected chi connectivity index (χ0v) is 14.6. The molecule has 24 heavy (non-hydrogen) atoms. The third kappa shape index (κ3) is 6.45. The Kier molecular flexibility index (Phi) is 7.98. The molecule has 6 nitrogen and oxygen atoms in total. The average Bonchev–Trinajstić information content (AvgIpc) is 2.64. The molecule has 0 aliphatic carbocycles. The van der Waals surface area contributed by atoms with Gasteiger partial charge in [0.2, 0.25) is 0 Å². The standard InChI is InChI=1S/C18H30N4O2/c1-2-22-9-5-6-15(13-22)11-20-18(24)21-12-16(14-23)10-17-7-3-4-8-19-17/h3-4,7-8,15-16,23H,2,5-6,9-14H2,1H3,(H2,20,21,24). The van der Waals surface area contributed by atoms with Crippen molar-refractivity contribution in [3.63, 3.8) is 0 Å². The first kappa shape index (κ1) is 18.7. The van der Waals surface area contributed by atoms with Gasteiger partial charge in [0.25, 0.3) is 0 Å². The third-order valence-corrected chi connectivity index (χ3v) is 4.64. The van der Waals surface area contributed by atoms with Gasteiger partial charge in [-0.15, -0.1) is 0 Å². The summed E-state index contributed by atoms with van der Waals surface area (Å²) in [4.78, 5) is 18.7. The van der Waals surface area contributed by atoms with Crippen molar-refractivity contribution in [2.45, 2.75) is 26.2 Å². The van der Waals surface area contributed by atoms with Gasteiger partial charge in [0.15, 0.2) is 0 Å². The molecule has 0 aromatic carbocycles. The van der Waals surface area contributed by atoms with Crippen LogP contribution in [0.5, 0.6) is 0 Å². The van der Waals surface area contributed by atoms with Crippen LogP contribution in [0.15, 0.2) is 24.4 Å². The Morgan fingerprint density at radius 3 is 3.04 bits per heavy atom. The fourth-order valence-electron chi connectivity index (χ4n) is 3.16. The van der Waals surface area contributed by atoms with E-state index < -0.39 is 0 Å². The number of aliphatic hydroxyl groups is 1. The van der Waals surface area contributed by atoms with Gasteiger partial charge in [-0.2, -0.15) is 0 Å². The van der Waals surface area contributed by atoms with Gasteiger partial charge in [-0.25, -0.2) is 4.79 Å². The molecule has 1 aromatic heterocycles. The van der Waals surface area contributed by atoms with Gasteiger partial charge in [0.1, 0.15) is 0 Å². The van der Waals surface area contributed by atoms with Crippen molar-refractivity contribution < 1.29 is 9.90 Å². The maximum Gasteiger partial charge on any atom is 0.314 e. The number of hydrogen-bond donors (Lipinski definition) is 3. The van der Waals surface area contributed by atoms with Crippen LogP contribution in [-0.4, -0.2) is 60.4 Å². The van der Waals surface area contributed by atoms with Gasteiger partial charge >= 0.3 is 6.03 Å². The summed E-state index contributed by atoms with van der Waals surface area (Å²) in [6, 6.07) is 5.59. The van der Waals surface area contributed by atoms with Crippen LogP contribution in [0.4, 0.5) is 4.79 Å². The smallest absolute Gasteiger partial charge is 0.314 e. The van der Waals surface area contributed by atoms with Crippen molar-refractivity contribution in [1.29, 1.82) is 0 Å². The molecule has 0 bridgehead atoms. The molecule has 2 atom stereocenters. The number of aliphatic hydroxyl groups excluding tert-OH is 1. The monoisotopic (exact) mass is 334 g/mol. The van der Waals surface area contributed by atoms with Crippen molar-refractivity contribution in [1.82, 2.24) is 20.5 Å². The van der Waals surface area contributed by atoms with Crippen LogP contribution in [0.1, 0.15) is 25.5 Å². The molecular weight excluding hydrogens is 304 g/mol. The largest absolute Gasteiger partial charge is 0.396 e. The summed E-state index contributed by atoms with van der Waals surface area (Å²) in [7, 11) is 0. The van der Waals surface area contributed by atoms with E-state index in [4.69, 9.17) is 0 Å². The summed E-state index contributed by atoms with van der Waals surface area (Å²) < 4.78 is 0. The molecule has 1 aromatic rings. The number of carbonyl (C=O) groups is 1. The summed E-state index contributed by atoms with van der Waals surface area (Å²) >= 11 is 0. The lowest BCUT2D eigenvalue weighted by atomic mass is 9.98. The highest BCUT2D eigenvalue weighted by Crippen LogP contribution is 2.15. The van der Waals surface area contributed by atoms with Crippen LogP contribution in [0.3, 0.4) is 0 Å². The molecule has 0 radical (unpaired) electrons. The molecule has 1 aliphatic rings. The van der Waals surface area contributed by atoms with Crippen molar-refractivity contribution in [2.75, 3.05) is 39.3 Å². The maximum atomic E-state index is 12.0. The Labute approximate surface area is 144 Å². The van der Waals surface area contributed by atoms with Crippen molar-refractivity contribution in [3.8, 4) is 0 Å². The van der Waals surface area contributed by atoms with Gasteiger partial charge < -0.3 is 20.6 Å². The molecule has 6 heteroatoms. The van der Waals surface area contributed by atoms with Crippen molar-refractivity contribution >= 4 is 6.03 Å². The van der Waals surface area contributed by atoms with Crippen molar-refractivity contribution in [2.24, 2.45) is 11.8 Å². The Hall–Kier alpha value is -1.66. The van der Waals surface area contributed by atoms with E-state index in [0.717, 1.165) is 18.8 Å². The number of likely N-dealkylation sites (tertiary alicyclic amines) is 1. The number of urea groups is 1. The second kappa shape index (κ2) is 10.3. The lowest BCUT2D eigenvalue weighted by molar-refractivity contribution is 0.178. The predicted molar refractivity (Wildman–Crippen MR) is 94.8 cm³/mol. The molecule has 0 saturated carbocycles. The van der Waals surface area contributed by atoms with Crippen LogP contribution >= 0.6 is 0 Å². The molecule has 1 saturated heterocycles. The minimum absolute atomic E-state index is 0.0177. The molecule has 2 rings (SSSR count). The number of hydrogen-bond acceptors (Lipinski definition) is 4. The molecule has 3 N–H and O–H groups in total. The summed E-state index contributed by atoms with van der Waals surface area (Å²) in [5.74, 6) is 0.516. The van der Waals surface area contributed by atoms with E-state index in [1.807, 2.05) is 18.2 Å². The number of piperidine rings is 1. The number of amides is 2. The molecule has 2 amide bonds. The van der Waals surface area contributed by atoms with Gasteiger partial charge in [-0.05, 0) is 50.4 Å². The SMILES string of the molecule is CCN1CCCC(CNC(=O)NCC(CO)Cc2ccccn2)C1. The highest BCUT2D eigenvalue weighted by Gasteiger charge is 2.19. The third-order valence-electron chi connectivity index (χ3n) is 4.64. The van der Waals surface area contributed by atoms with Gasteiger partial charge in [-0.1, -0.05) is 13.0 Å². The highest BCUT2D eigenvalue weighted by atomic mass is 16.3.